The number of carbonyl (C=O) groups is 1. The molecule has 4 N–H and O–H groups in total. The third-order valence-electron chi connectivity index (χ3n) is 3.88. The van der Waals surface area contributed by atoms with Crippen LogP contribution in [0.4, 0.5) is 0 Å². The predicted molar refractivity (Wildman–Crippen MR) is 76.6 cm³/mol. The fourth-order valence-electron chi connectivity index (χ4n) is 2.88. The minimum atomic E-state index is -0.849. The minimum absolute atomic E-state index is 0.327. The molecule has 1 fully saturated rings. The highest BCUT2D eigenvalue weighted by molar-refractivity contribution is 5.70. The Balaban J connectivity index is 2.33. The third-order valence-corrected chi connectivity index (χ3v) is 3.88. The van der Waals surface area contributed by atoms with E-state index in [-0.39, 0.29) is 5.92 Å². The van der Waals surface area contributed by atoms with Crippen LogP contribution in [0.2, 0.25) is 0 Å². The van der Waals surface area contributed by atoms with Gasteiger partial charge < -0.3 is 25.5 Å². The smallest absolute Gasteiger partial charge is 0.306 e. The van der Waals surface area contributed by atoms with Crippen LogP contribution < -0.4 is 5.32 Å². The number of nitrogens with zero attached hydrogens (tertiary/aromatic N) is 1. The molecule has 118 valence electrons. The van der Waals surface area contributed by atoms with E-state index in [1.54, 1.807) is 6.92 Å². The zero-order valence-electron chi connectivity index (χ0n) is 12.7. The van der Waals surface area contributed by atoms with E-state index in [9.17, 15) is 15.0 Å². The van der Waals surface area contributed by atoms with Crippen molar-refractivity contribution in [3.05, 3.63) is 0 Å². The van der Waals surface area contributed by atoms with Gasteiger partial charge in [0, 0.05) is 19.6 Å². The number of nitrogens with one attached hydrogen (secondary N) is 1. The van der Waals surface area contributed by atoms with Gasteiger partial charge in [-0.2, -0.15) is 0 Å². The average molecular weight is 288 g/mol. The maximum absolute atomic E-state index is 10.9. The minimum Gasteiger partial charge on any atom is -0.481 e. The van der Waals surface area contributed by atoms with Crippen molar-refractivity contribution in [2.24, 2.45) is 5.92 Å². The molecule has 20 heavy (non-hydrogen) atoms. The van der Waals surface area contributed by atoms with Gasteiger partial charge in [-0.15, -0.1) is 0 Å². The van der Waals surface area contributed by atoms with Crippen molar-refractivity contribution in [2.45, 2.75) is 43.8 Å². The summed E-state index contributed by atoms with van der Waals surface area (Å²) < 4.78 is 0. The van der Waals surface area contributed by atoms with Crippen LogP contribution in [0.3, 0.4) is 0 Å². The van der Waals surface area contributed by atoms with Gasteiger partial charge in [0.15, 0.2) is 0 Å². The van der Waals surface area contributed by atoms with Crippen LogP contribution in [-0.2, 0) is 4.79 Å². The molecule has 1 atom stereocenters. The van der Waals surface area contributed by atoms with E-state index in [2.05, 4.69) is 5.32 Å². The topological polar surface area (TPSA) is 93.0 Å². The lowest BCUT2D eigenvalue weighted by Gasteiger charge is -2.36. The van der Waals surface area contributed by atoms with Crippen molar-refractivity contribution < 1.29 is 20.1 Å². The highest BCUT2D eigenvalue weighted by atomic mass is 16.4. The molecular formula is C14H28N2O4. The zero-order valence-corrected chi connectivity index (χ0v) is 12.7. The summed E-state index contributed by atoms with van der Waals surface area (Å²) in [5.41, 5.74) is -1.70. The van der Waals surface area contributed by atoms with Gasteiger partial charge in [-0.25, -0.2) is 0 Å². The van der Waals surface area contributed by atoms with Crippen LogP contribution in [0, 0.1) is 5.92 Å². The van der Waals surface area contributed by atoms with E-state index in [1.807, 2.05) is 19.0 Å². The van der Waals surface area contributed by atoms with Gasteiger partial charge in [0.1, 0.15) is 0 Å². The Morgan fingerprint density at radius 2 is 1.95 bits per heavy atom. The Bertz CT molecular complexity index is 323. The first-order valence-corrected chi connectivity index (χ1v) is 7.17. The van der Waals surface area contributed by atoms with E-state index in [0.717, 1.165) is 0 Å². The molecule has 0 bridgehead atoms. The Labute approximate surface area is 120 Å². The lowest BCUT2D eigenvalue weighted by molar-refractivity contribution is -0.144. The van der Waals surface area contributed by atoms with Crippen LogP contribution >= 0.6 is 0 Å². The monoisotopic (exact) mass is 288 g/mol. The van der Waals surface area contributed by atoms with Gasteiger partial charge >= 0.3 is 5.97 Å². The Morgan fingerprint density at radius 3 is 2.40 bits per heavy atom. The van der Waals surface area contributed by atoms with E-state index < -0.39 is 17.2 Å². The highest BCUT2D eigenvalue weighted by Gasteiger charge is 2.35. The second-order valence-corrected chi connectivity index (χ2v) is 6.68. The van der Waals surface area contributed by atoms with Gasteiger partial charge in [0.05, 0.1) is 17.1 Å². The number of hydrogen-bond acceptors (Lipinski definition) is 5. The van der Waals surface area contributed by atoms with Crippen LogP contribution in [0.25, 0.3) is 0 Å². The fraction of sp³-hybridized carbons (Fsp3) is 0.929. The van der Waals surface area contributed by atoms with Gasteiger partial charge in [-0.05, 0) is 46.7 Å². The maximum atomic E-state index is 10.9. The van der Waals surface area contributed by atoms with Gasteiger partial charge in [0.2, 0.25) is 0 Å². The molecular weight excluding hydrogens is 260 g/mol. The number of aliphatic hydroxyl groups is 2. The number of rotatable bonds is 7. The largest absolute Gasteiger partial charge is 0.481 e. The normalized spacial score (nSPS) is 30.2. The van der Waals surface area contributed by atoms with Gasteiger partial charge in [-0.1, -0.05) is 0 Å². The lowest BCUT2D eigenvalue weighted by Crippen LogP contribution is -2.50. The van der Waals surface area contributed by atoms with Crippen molar-refractivity contribution in [3.63, 3.8) is 0 Å². The summed E-state index contributed by atoms with van der Waals surface area (Å²) in [4.78, 5) is 12.8. The molecule has 1 saturated carbocycles. The van der Waals surface area contributed by atoms with Crippen molar-refractivity contribution in [3.8, 4) is 0 Å². The molecule has 0 aliphatic heterocycles. The molecule has 0 radical (unpaired) electrons. The van der Waals surface area contributed by atoms with Crippen LogP contribution in [-0.4, -0.2) is 71.1 Å². The number of hydrogen-bond donors (Lipinski definition) is 4. The maximum Gasteiger partial charge on any atom is 0.306 e. The predicted octanol–water partition coefficient (Wildman–Crippen LogP) is -0.105. The van der Waals surface area contributed by atoms with E-state index in [0.29, 0.717) is 45.3 Å². The van der Waals surface area contributed by atoms with Crippen LogP contribution in [0.1, 0.15) is 32.6 Å². The Kier molecular flexibility index (Phi) is 5.94. The van der Waals surface area contributed by atoms with E-state index in [1.165, 1.54) is 0 Å². The zero-order chi connectivity index (χ0) is 15.4. The molecule has 1 rings (SSSR count). The molecule has 0 aromatic rings. The number of likely N-dealkylation sites (N-methyl/N-ethyl adjacent to an activating group) is 1. The molecule has 0 saturated heterocycles. The van der Waals surface area contributed by atoms with Crippen molar-refractivity contribution in [1.29, 1.82) is 0 Å². The summed E-state index contributed by atoms with van der Waals surface area (Å²) in [5.74, 6) is -1.10. The van der Waals surface area contributed by atoms with E-state index in [4.69, 9.17) is 5.11 Å². The molecule has 0 spiro atoms. The summed E-state index contributed by atoms with van der Waals surface area (Å²) in [7, 11) is 3.80. The average Bonchev–Trinajstić information content (AvgIpc) is 2.26. The molecule has 0 amide bonds. The SMILES string of the molecule is CN(C)CC(C)(O)CNCC1(O)CCC(C(=O)O)CC1. The fourth-order valence-corrected chi connectivity index (χ4v) is 2.88. The number of carboxylic acids is 1. The molecule has 1 unspecified atom stereocenters. The standard InChI is InChI=1S/C14H28N2O4/c1-13(19,10-16(2)3)8-15-9-14(20)6-4-11(5-7-14)12(17)18/h11,15,19-20H,4-10H2,1-3H3,(H,17,18). The Morgan fingerprint density at radius 1 is 1.40 bits per heavy atom. The molecule has 1 aliphatic carbocycles. The molecule has 0 aromatic carbocycles. The molecule has 0 aromatic heterocycles. The summed E-state index contributed by atoms with van der Waals surface area (Å²) in [6.45, 7) is 3.09. The summed E-state index contributed by atoms with van der Waals surface area (Å²) in [6, 6.07) is 0. The van der Waals surface area contributed by atoms with Gasteiger partial charge in [-0.3, -0.25) is 4.79 Å². The van der Waals surface area contributed by atoms with Crippen molar-refractivity contribution in [1.82, 2.24) is 10.2 Å². The summed E-state index contributed by atoms with van der Waals surface area (Å²) in [5, 5.41) is 32.6. The molecule has 6 nitrogen and oxygen atoms in total. The first kappa shape index (κ1) is 17.4. The van der Waals surface area contributed by atoms with Crippen molar-refractivity contribution in [2.75, 3.05) is 33.7 Å². The molecule has 6 heteroatoms. The summed E-state index contributed by atoms with van der Waals surface area (Å²) in [6.07, 6.45) is 2.02. The van der Waals surface area contributed by atoms with Crippen LogP contribution in [0.15, 0.2) is 0 Å². The second kappa shape index (κ2) is 6.85. The number of carboxylic acid groups (broad SMARTS) is 1. The highest BCUT2D eigenvalue weighted by Crippen LogP contribution is 2.31. The first-order chi connectivity index (χ1) is 9.14. The van der Waals surface area contributed by atoms with Gasteiger partial charge in [0.25, 0.3) is 0 Å². The van der Waals surface area contributed by atoms with E-state index >= 15 is 0 Å². The quantitative estimate of drug-likeness (QED) is 0.522. The second-order valence-electron chi connectivity index (χ2n) is 6.68. The first-order valence-electron chi connectivity index (χ1n) is 7.17. The Hall–Kier alpha value is -0.690. The lowest BCUT2D eigenvalue weighted by atomic mass is 9.79. The van der Waals surface area contributed by atoms with Crippen molar-refractivity contribution >= 4 is 5.97 Å². The molecule has 1 aliphatic rings. The number of aliphatic carboxylic acids is 1. The molecule has 0 heterocycles. The van der Waals surface area contributed by atoms with Crippen LogP contribution in [0.5, 0.6) is 0 Å². The summed E-state index contributed by atoms with van der Waals surface area (Å²) >= 11 is 0. The third kappa shape index (κ3) is 5.75.